The van der Waals surface area contributed by atoms with E-state index in [9.17, 15) is 14.4 Å². The Labute approximate surface area is 204 Å². The molecule has 9 nitrogen and oxygen atoms in total. The summed E-state index contributed by atoms with van der Waals surface area (Å²) in [7, 11) is 1.66. The quantitative estimate of drug-likeness (QED) is 0.558. The molecule has 0 unspecified atom stereocenters. The first-order valence-electron chi connectivity index (χ1n) is 12.1. The fourth-order valence-corrected chi connectivity index (χ4v) is 4.48. The van der Waals surface area contributed by atoms with Crippen LogP contribution in [0, 0.1) is 0 Å². The number of hydrogen-bond acceptors (Lipinski definition) is 6. The maximum Gasteiger partial charge on any atom is 0.329 e. The molecule has 3 aromatic rings. The van der Waals surface area contributed by atoms with Gasteiger partial charge in [0.2, 0.25) is 0 Å². The zero-order chi connectivity index (χ0) is 25.1. The smallest absolute Gasteiger partial charge is 0.329 e. The summed E-state index contributed by atoms with van der Waals surface area (Å²) in [5, 5.41) is 0.183. The molecule has 1 aliphatic heterocycles. The van der Waals surface area contributed by atoms with Crippen LogP contribution in [0.25, 0.3) is 11.0 Å². The summed E-state index contributed by atoms with van der Waals surface area (Å²) in [6, 6.07) is 9.80. The maximum atomic E-state index is 13.6. The van der Waals surface area contributed by atoms with Gasteiger partial charge in [0.05, 0.1) is 18.1 Å². The van der Waals surface area contributed by atoms with Gasteiger partial charge in [-0.15, -0.1) is 0 Å². The molecule has 0 saturated carbocycles. The van der Waals surface area contributed by atoms with E-state index in [-0.39, 0.29) is 22.9 Å². The number of aromatic amines is 1. The van der Waals surface area contributed by atoms with E-state index in [2.05, 4.69) is 27.0 Å². The lowest BCUT2D eigenvalue weighted by Gasteiger charge is -2.35. The highest BCUT2D eigenvalue weighted by atomic mass is 16.5. The van der Waals surface area contributed by atoms with Crippen molar-refractivity contribution in [1.82, 2.24) is 24.3 Å². The number of rotatable bonds is 7. The minimum atomic E-state index is -0.570. The standard InChI is InChI=1S/C26H33N5O4/c1-5-31-23-22(24(32)28-26(31)34)20(16-21(27-23)17(2)3)25(33)30-14-12-29(13-15-30)11-10-18-6-8-19(35-4)9-7-18/h6-9,16-17H,5,10-15H2,1-4H3,(H,28,32,34). The number of benzene rings is 1. The van der Waals surface area contributed by atoms with Crippen molar-refractivity contribution in [3.63, 3.8) is 0 Å². The van der Waals surface area contributed by atoms with Crippen molar-refractivity contribution < 1.29 is 9.53 Å². The van der Waals surface area contributed by atoms with Crippen LogP contribution in [0.1, 0.15) is 48.3 Å². The molecular weight excluding hydrogens is 446 g/mol. The Morgan fingerprint density at radius 2 is 1.80 bits per heavy atom. The average Bonchev–Trinajstić information content (AvgIpc) is 2.87. The third-order valence-corrected chi connectivity index (χ3v) is 6.64. The summed E-state index contributed by atoms with van der Waals surface area (Å²) in [6.07, 6.45) is 0.925. The highest BCUT2D eigenvalue weighted by Gasteiger charge is 2.26. The molecule has 186 valence electrons. The Balaban J connectivity index is 1.52. The van der Waals surface area contributed by atoms with E-state index >= 15 is 0 Å². The molecular formula is C26H33N5O4. The number of carbonyl (C=O) groups excluding carboxylic acids is 1. The van der Waals surface area contributed by atoms with Gasteiger partial charge in [0, 0.05) is 45.0 Å². The molecule has 1 aromatic carbocycles. The summed E-state index contributed by atoms with van der Waals surface area (Å²) in [6.45, 7) is 9.71. The normalized spacial score (nSPS) is 14.6. The molecule has 1 aliphatic rings. The number of hydrogen-bond donors (Lipinski definition) is 1. The van der Waals surface area contributed by atoms with Gasteiger partial charge in [0.25, 0.3) is 11.5 Å². The summed E-state index contributed by atoms with van der Waals surface area (Å²) in [5.74, 6) is 0.696. The Kier molecular flexibility index (Phi) is 7.35. The third-order valence-electron chi connectivity index (χ3n) is 6.64. The molecule has 2 aromatic heterocycles. The fraction of sp³-hybridized carbons (Fsp3) is 0.462. The van der Waals surface area contributed by atoms with Crippen molar-refractivity contribution in [2.45, 2.75) is 39.7 Å². The lowest BCUT2D eigenvalue weighted by Crippen LogP contribution is -2.49. The van der Waals surface area contributed by atoms with Gasteiger partial charge in [-0.05, 0) is 43.0 Å². The SMILES string of the molecule is CCn1c(=O)[nH]c(=O)c2c(C(=O)N3CCN(CCc4ccc(OC)cc4)CC3)cc(C(C)C)nc21. The van der Waals surface area contributed by atoms with Crippen molar-refractivity contribution in [2.75, 3.05) is 39.8 Å². The molecule has 3 heterocycles. The first kappa shape index (κ1) is 24.7. The van der Waals surface area contributed by atoms with E-state index < -0.39 is 11.2 Å². The highest BCUT2D eigenvalue weighted by molar-refractivity contribution is 6.05. The highest BCUT2D eigenvalue weighted by Crippen LogP contribution is 2.22. The molecule has 0 radical (unpaired) electrons. The van der Waals surface area contributed by atoms with Crippen molar-refractivity contribution in [2.24, 2.45) is 0 Å². The number of amides is 1. The largest absolute Gasteiger partial charge is 0.497 e. The molecule has 1 saturated heterocycles. The van der Waals surface area contributed by atoms with Gasteiger partial charge in [-0.3, -0.25) is 24.0 Å². The first-order chi connectivity index (χ1) is 16.8. The van der Waals surface area contributed by atoms with Crippen LogP contribution in [0.5, 0.6) is 5.75 Å². The van der Waals surface area contributed by atoms with E-state index in [1.165, 1.54) is 10.1 Å². The van der Waals surface area contributed by atoms with Gasteiger partial charge in [0.15, 0.2) is 5.65 Å². The first-order valence-corrected chi connectivity index (χ1v) is 12.1. The Hall–Kier alpha value is -3.46. The second kappa shape index (κ2) is 10.4. The average molecular weight is 480 g/mol. The number of aryl methyl sites for hydroxylation is 1. The molecule has 0 bridgehead atoms. The van der Waals surface area contributed by atoms with Crippen molar-refractivity contribution in [1.29, 1.82) is 0 Å². The molecule has 4 rings (SSSR count). The number of fused-ring (bicyclic) bond motifs is 1. The van der Waals surface area contributed by atoms with Gasteiger partial charge < -0.3 is 9.64 Å². The van der Waals surface area contributed by atoms with Crippen molar-refractivity contribution >= 4 is 16.9 Å². The number of H-pyrrole nitrogens is 1. The number of piperazine rings is 1. The molecule has 1 N–H and O–H groups in total. The van der Waals surface area contributed by atoms with Gasteiger partial charge in [-0.1, -0.05) is 26.0 Å². The van der Waals surface area contributed by atoms with Crippen LogP contribution in [-0.4, -0.2) is 70.1 Å². The van der Waals surface area contributed by atoms with E-state index in [0.717, 1.165) is 31.8 Å². The number of carbonyl (C=O) groups is 1. The van der Waals surface area contributed by atoms with Gasteiger partial charge >= 0.3 is 5.69 Å². The van der Waals surface area contributed by atoms with Gasteiger partial charge in [-0.25, -0.2) is 9.78 Å². The predicted octanol–water partition coefficient (Wildman–Crippen LogP) is 2.24. The second-order valence-electron chi connectivity index (χ2n) is 9.18. The summed E-state index contributed by atoms with van der Waals surface area (Å²) in [5.41, 5.74) is 1.44. The second-order valence-corrected chi connectivity index (χ2v) is 9.18. The summed E-state index contributed by atoms with van der Waals surface area (Å²) >= 11 is 0. The molecule has 0 aliphatic carbocycles. The molecule has 0 spiro atoms. The lowest BCUT2D eigenvalue weighted by molar-refractivity contribution is 0.0640. The van der Waals surface area contributed by atoms with Crippen LogP contribution in [0.15, 0.2) is 39.9 Å². The predicted molar refractivity (Wildman–Crippen MR) is 135 cm³/mol. The summed E-state index contributed by atoms with van der Waals surface area (Å²) < 4.78 is 6.63. The van der Waals surface area contributed by atoms with Crippen LogP contribution < -0.4 is 16.0 Å². The third kappa shape index (κ3) is 5.14. The summed E-state index contributed by atoms with van der Waals surface area (Å²) in [4.78, 5) is 49.8. The fourth-order valence-electron chi connectivity index (χ4n) is 4.48. The van der Waals surface area contributed by atoms with Gasteiger partial charge in [0.1, 0.15) is 5.75 Å². The van der Waals surface area contributed by atoms with E-state index in [4.69, 9.17) is 4.74 Å². The van der Waals surface area contributed by atoms with Gasteiger partial charge in [-0.2, -0.15) is 0 Å². The van der Waals surface area contributed by atoms with Crippen molar-refractivity contribution in [3.8, 4) is 5.75 Å². The van der Waals surface area contributed by atoms with E-state index in [1.54, 1.807) is 18.1 Å². The number of pyridine rings is 1. The van der Waals surface area contributed by atoms with Crippen LogP contribution >= 0.6 is 0 Å². The maximum absolute atomic E-state index is 13.6. The van der Waals surface area contributed by atoms with Crippen LogP contribution in [-0.2, 0) is 13.0 Å². The lowest BCUT2D eigenvalue weighted by atomic mass is 10.0. The molecule has 35 heavy (non-hydrogen) atoms. The molecule has 1 fully saturated rings. The number of ether oxygens (including phenoxy) is 1. The van der Waals surface area contributed by atoms with E-state index in [1.807, 2.05) is 32.9 Å². The van der Waals surface area contributed by atoms with Crippen LogP contribution in [0.4, 0.5) is 0 Å². The molecule has 1 amide bonds. The van der Waals surface area contributed by atoms with Crippen LogP contribution in [0.3, 0.4) is 0 Å². The van der Waals surface area contributed by atoms with Crippen LogP contribution in [0.2, 0.25) is 0 Å². The molecule has 9 heteroatoms. The Bertz CT molecular complexity index is 1320. The van der Waals surface area contributed by atoms with Crippen molar-refractivity contribution in [3.05, 3.63) is 68.0 Å². The Morgan fingerprint density at radius 1 is 1.11 bits per heavy atom. The zero-order valence-corrected chi connectivity index (χ0v) is 20.8. The number of methoxy groups -OCH3 is 1. The minimum Gasteiger partial charge on any atom is -0.497 e. The minimum absolute atomic E-state index is 0.0421. The number of nitrogens with one attached hydrogen (secondary N) is 1. The topological polar surface area (TPSA) is 101 Å². The number of nitrogens with zero attached hydrogens (tertiary/aromatic N) is 4. The monoisotopic (exact) mass is 479 g/mol. The van der Waals surface area contributed by atoms with E-state index in [0.29, 0.717) is 30.9 Å². The number of aromatic nitrogens is 3. The Morgan fingerprint density at radius 3 is 2.40 bits per heavy atom. The zero-order valence-electron chi connectivity index (χ0n) is 20.8. The molecule has 0 atom stereocenters.